The van der Waals surface area contributed by atoms with Gasteiger partial charge in [0, 0.05) is 25.0 Å². The number of nitrogens with one attached hydrogen (secondary N) is 1. The van der Waals surface area contributed by atoms with Crippen LogP contribution < -0.4 is 0 Å². The van der Waals surface area contributed by atoms with Gasteiger partial charge in [0.2, 0.25) is 4.77 Å². The first-order valence-electron chi connectivity index (χ1n) is 6.09. The van der Waals surface area contributed by atoms with E-state index in [0.717, 1.165) is 24.6 Å². The smallest absolute Gasteiger partial charge is 0.222 e. The summed E-state index contributed by atoms with van der Waals surface area (Å²) in [4.78, 5) is 13.9. The molecule has 0 aliphatic rings. The minimum absolute atomic E-state index is 0.428. The number of hydrogen-bond donors (Lipinski definition) is 1. The quantitative estimate of drug-likeness (QED) is 0.820. The first-order valence-corrected chi connectivity index (χ1v) is 6.50. The van der Waals surface area contributed by atoms with Gasteiger partial charge in [-0.2, -0.15) is 0 Å². The zero-order chi connectivity index (χ0) is 13.0. The Balaban J connectivity index is 2.68. The van der Waals surface area contributed by atoms with E-state index in [9.17, 15) is 0 Å². The SMILES string of the molecule is Cc1nc(=S)nc(CCN(C(C)C)C(C)C)[nH]1. The van der Waals surface area contributed by atoms with Crippen molar-refractivity contribution in [1.29, 1.82) is 0 Å². The number of aromatic amines is 1. The van der Waals surface area contributed by atoms with Crippen LogP contribution >= 0.6 is 12.2 Å². The van der Waals surface area contributed by atoms with Crippen LogP contribution in [0, 0.1) is 11.7 Å². The van der Waals surface area contributed by atoms with Crippen LogP contribution in [0.4, 0.5) is 0 Å². The van der Waals surface area contributed by atoms with Gasteiger partial charge in [-0.05, 0) is 46.8 Å². The summed E-state index contributed by atoms with van der Waals surface area (Å²) in [6.45, 7) is 11.8. The molecular weight excluding hydrogens is 232 g/mol. The number of aromatic nitrogens is 3. The standard InChI is InChI=1S/C12H22N4S/c1-8(2)16(9(3)4)7-6-11-13-10(5)14-12(17)15-11/h8-9H,6-7H2,1-5H3,(H,13,14,15,17). The summed E-state index contributed by atoms with van der Waals surface area (Å²) in [6, 6.07) is 1.09. The third-order valence-electron chi connectivity index (χ3n) is 2.75. The third-order valence-corrected chi connectivity index (χ3v) is 2.94. The van der Waals surface area contributed by atoms with Crippen LogP contribution in [0.2, 0.25) is 0 Å². The van der Waals surface area contributed by atoms with Crippen molar-refractivity contribution in [2.75, 3.05) is 6.54 Å². The molecule has 0 aliphatic heterocycles. The molecular formula is C12H22N4S. The molecule has 96 valence electrons. The lowest BCUT2D eigenvalue weighted by Crippen LogP contribution is -2.38. The summed E-state index contributed by atoms with van der Waals surface area (Å²) in [5, 5.41) is 0. The van der Waals surface area contributed by atoms with Crippen molar-refractivity contribution in [2.45, 2.75) is 53.1 Å². The van der Waals surface area contributed by atoms with Crippen LogP contribution in [0.1, 0.15) is 39.3 Å². The van der Waals surface area contributed by atoms with Gasteiger partial charge in [-0.25, -0.2) is 9.97 Å². The topological polar surface area (TPSA) is 44.8 Å². The van der Waals surface area contributed by atoms with Gasteiger partial charge in [0.25, 0.3) is 0 Å². The van der Waals surface area contributed by atoms with Gasteiger partial charge in [-0.1, -0.05) is 0 Å². The predicted octanol–water partition coefficient (Wildman–Crippen LogP) is 2.50. The Labute approximate surface area is 108 Å². The molecule has 0 aliphatic carbocycles. The fourth-order valence-corrected chi connectivity index (χ4v) is 2.26. The number of nitrogens with zero attached hydrogens (tertiary/aromatic N) is 3. The Morgan fingerprint density at radius 3 is 2.24 bits per heavy atom. The highest BCUT2D eigenvalue weighted by molar-refractivity contribution is 7.71. The van der Waals surface area contributed by atoms with Crippen molar-refractivity contribution in [3.63, 3.8) is 0 Å². The highest BCUT2D eigenvalue weighted by Crippen LogP contribution is 2.06. The van der Waals surface area contributed by atoms with Gasteiger partial charge in [-0.15, -0.1) is 0 Å². The number of aryl methyl sites for hydroxylation is 1. The van der Waals surface area contributed by atoms with E-state index in [-0.39, 0.29) is 0 Å². The molecule has 0 saturated heterocycles. The van der Waals surface area contributed by atoms with Crippen molar-refractivity contribution in [1.82, 2.24) is 19.9 Å². The maximum atomic E-state index is 5.01. The Hall–Kier alpha value is -0.810. The molecule has 1 heterocycles. The lowest BCUT2D eigenvalue weighted by Gasteiger charge is -2.30. The van der Waals surface area contributed by atoms with Crippen LogP contribution in [0.25, 0.3) is 0 Å². The van der Waals surface area contributed by atoms with Gasteiger partial charge in [0.05, 0.1) is 0 Å². The fourth-order valence-electron chi connectivity index (χ4n) is 2.01. The summed E-state index contributed by atoms with van der Waals surface area (Å²) in [7, 11) is 0. The molecule has 0 unspecified atom stereocenters. The van der Waals surface area contributed by atoms with Gasteiger partial charge in [-0.3, -0.25) is 4.90 Å². The summed E-state index contributed by atoms with van der Waals surface area (Å²) in [6.07, 6.45) is 0.878. The first-order chi connectivity index (χ1) is 7.90. The molecule has 17 heavy (non-hydrogen) atoms. The van der Waals surface area contributed by atoms with Crippen LogP contribution in [-0.2, 0) is 6.42 Å². The van der Waals surface area contributed by atoms with Crippen LogP contribution in [0.3, 0.4) is 0 Å². The molecule has 0 fully saturated rings. The molecule has 1 N–H and O–H groups in total. The Bertz CT molecular complexity index is 403. The van der Waals surface area contributed by atoms with E-state index in [4.69, 9.17) is 12.2 Å². The predicted molar refractivity (Wildman–Crippen MR) is 72.6 cm³/mol. The van der Waals surface area contributed by atoms with E-state index in [0.29, 0.717) is 16.9 Å². The van der Waals surface area contributed by atoms with E-state index in [2.05, 4.69) is 47.5 Å². The van der Waals surface area contributed by atoms with E-state index in [1.54, 1.807) is 0 Å². The minimum Gasteiger partial charge on any atom is -0.332 e. The van der Waals surface area contributed by atoms with E-state index in [1.807, 2.05) is 6.92 Å². The molecule has 0 spiro atoms. The summed E-state index contributed by atoms with van der Waals surface area (Å²) < 4.78 is 0.428. The molecule has 1 aromatic rings. The molecule has 0 saturated carbocycles. The molecule has 0 aromatic carbocycles. The molecule has 5 heteroatoms. The normalized spacial score (nSPS) is 11.8. The van der Waals surface area contributed by atoms with Crippen LogP contribution in [0.15, 0.2) is 0 Å². The molecule has 1 rings (SSSR count). The monoisotopic (exact) mass is 254 g/mol. The molecule has 0 atom stereocenters. The second-order valence-electron chi connectivity index (χ2n) is 4.84. The lowest BCUT2D eigenvalue weighted by atomic mass is 10.2. The average molecular weight is 254 g/mol. The highest BCUT2D eigenvalue weighted by Gasteiger charge is 2.13. The van der Waals surface area contributed by atoms with Gasteiger partial charge in [0.15, 0.2) is 0 Å². The van der Waals surface area contributed by atoms with Gasteiger partial charge < -0.3 is 4.98 Å². The third kappa shape index (κ3) is 4.52. The van der Waals surface area contributed by atoms with E-state index >= 15 is 0 Å². The summed E-state index contributed by atoms with van der Waals surface area (Å²) in [5.41, 5.74) is 0. The second-order valence-corrected chi connectivity index (χ2v) is 5.20. The Kier molecular flexibility index (Phi) is 5.21. The lowest BCUT2D eigenvalue weighted by molar-refractivity contribution is 0.176. The fraction of sp³-hybridized carbons (Fsp3) is 0.750. The van der Waals surface area contributed by atoms with E-state index in [1.165, 1.54) is 0 Å². The molecule has 0 bridgehead atoms. The summed E-state index contributed by atoms with van der Waals surface area (Å²) in [5.74, 6) is 1.76. The molecule has 1 aromatic heterocycles. The van der Waals surface area contributed by atoms with Gasteiger partial charge >= 0.3 is 0 Å². The molecule has 4 nitrogen and oxygen atoms in total. The molecule has 0 amide bonds. The van der Waals surface area contributed by atoms with E-state index < -0.39 is 0 Å². The van der Waals surface area contributed by atoms with Gasteiger partial charge in [0.1, 0.15) is 11.6 Å². The average Bonchev–Trinajstić information content (AvgIpc) is 2.14. The summed E-state index contributed by atoms with van der Waals surface area (Å²) >= 11 is 5.01. The van der Waals surface area contributed by atoms with Crippen molar-refractivity contribution < 1.29 is 0 Å². The second kappa shape index (κ2) is 6.21. The van der Waals surface area contributed by atoms with Crippen molar-refractivity contribution in [3.8, 4) is 0 Å². The van der Waals surface area contributed by atoms with Crippen LogP contribution in [-0.4, -0.2) is 38.5 Å². The first kappa shape index (κ1) is 14.3. The largest absolute Gasteiger partial charge is 0.332 e. The maximum absolute atomic E-state index is 5.01. The van der Waals surface area contributed by atoms with Crippen molar-refractivity contribution in [3.05, 3.63) is 16.4 Å². The highest BCUT2D eigenvalue weighted by atomic mass is 32.1. The maximum Gasteiger partial charge on any atom is 0.222 e. The van der Waals surface area contributed by atoms with Crippen molar-refractivity contribution >= 4 is 12.2 Å². The number of hydrogen-bond acceptors (Lipinski definition) is 4. The zero-order valence-electron chi connectivity index (χ0n) is 11.3. The number of H-pyrrole nitrogens is 1. The van der Waals surface area contributed by atoms with Crippen LogP contribution in [0.5, 0.6) is 0 Å². The Morgan fingerprint density at radius 1 is 1.18 bits per heavy atom. The molecule has 0 radical (unpaired) electrons. The van der Waals surface area contributed by atoms with Crippen molar-refractivity contribution in [2.24, 2.45) is 0 Å². The zero-order valence-corrected chi connectivity index (χ0v) is 12.1. The number of rotatable bonds is 5. The minimum atomic E-state index is 0.428. The Morgan fingerprint density at radius 2 is 1.76 bits per heavy atom.